The Balaban J connectivity index is 2.05. The van der Waals surface area contributed by atoms with E-state index in [1.165, 1.54) is 18.6 Å². The van der Waals surface area contributed by atoms with Gasteiger partial charge in [0.1, 0.15) is 11.9 Å². The van der Waals surface area contributed by atoms with Crippen LogP contribution in [0.5, 0.6) is 0 Å². The lowest BCUT2D eigenvalue weighted by Gasteiger charge is -2.30. The number of amides is 1. The second-order valence-electron chi connectivity index (χ2n) is 5.11. The van der Waals surface area contributed by atoms with E-state index in [2.05, 4.69) is 21.2 Å². The molecule has 1 heterocycles. The first kappa shape index (κ1) is 15.1. The summed E-state index contributed by atoms with van der Waals surface area (Å²) < 4.78 is 13.8. The van der Waals surface area contributed by atoms with Gasteiger partial charge >= 0.3 is 0 Å². The van der Waals surface area contributed by atoms with Crippen LogP contribution < -0.4 is 11.1 Å². The van der Waals surface area contributed by atoms with E-state index in [4.69, 9.17) is 5.73 Å². The molecular weight excluding hydrogens is 325 g/mol. The van der Waals surface area contributed by atoms with Crippen LogP contribution >= 0.6 is 15.9 Å². The third-order valence-corrected chi connectivity index (χ3v) is 4.11. The average molecular weight is 344 g/mol. The van der Waals surface area contributed by atoms with Crippen LogP contribution in [-0.2, 0) is 4.79 Å². The van der Waals surface area contributed by atoms with Gasteiger partial charge in [0.2, 0.25) is 5.91 Å². The van der Waals surface area contributed by atoms with Crippen molar-refractivity contribution in [3.63, 3.8) is 0 Å². The van der Waals surface area contributed by atoms with Gasteiger partial charge < -0.3 is 16.0 Å². The number of carbonyl (C=O) groups is 1. The second-order valence-corrected chi connectivity index (χ2v) is 5.96. The van der Waals surface area contributed by atoms with Gasteiger partial charge in [0.15, 0.2) is 0 Å². The van der Waals surface area contributed by atoms with Crippen molar-refractivity contribution in [2.75, 3.05) is 24.1 Å². The summed E-state index contributed by atoms with van der Waals surface area (Å²) in [6.07, 6.45) is 3.28. The second kappa shape index (κ2) is 6.43. The number of nitrogen functional groups attached to an aromatic ring is 1. The van der Waals surface area contributed by atoms with E-state index in [0.717, 1.165) is 25.9 Å². The minimum atomic E-state index is -0.420. The van der Waals surface area contributed by atoms with Gasteiger partial charge in [0, 0.05) is 19.2 Å². The third-order valence-electron chi connectivity index (χ3n) is 3.50. The molecule has 2 rings (SSSR count). The van der Waals surface area contributed by atoms with Gasteiger partial charge in [-0.2, -0.15) is 0 Å². The summed E-state index contributed by atoms with van der Waals surface area (Å²) in [6, 6.07) is 2.38. The van der Waals surface area contributed by atoms with Crippen LogP contribution in [-0.4, -0.2) is 29.9 Å². The third kappa shape index (κ3) is 3.42. The van der Waals surface area contributed by atoms with E-state index in [1.807, 2.05) is 4.90 Å². The van der Waals surface area contributed by atoms with Crippen molar-refractivity contribution in [3.8, 4) is 0 Å². The fourth-order valence-corrected chi connectivity index (χ4v) is 2.73. The number of nitrogens with zero attached hydrogens (tertiary/aromatic N) is 1. The van der Waals surface area contributed by atoms with E-state index < -0.39 is 11.9 Å². The van der Waals surface area contributed by atoms with Crippen molar-refractivity contribution in [3.05, 3.63) is 22.4 Å². The predicted molar refractivity (Wildman–Crippen MR) is 82.0 cm³/mol. The Bertz CT molecular complexity index is 503. The average Bonchev–Trinajstić information content (AvgIpc) is 2.44. The maximum Gasteiger partial charge on any atom is 0.244 e. The van der Waals surface area contributed by atoms with E-state index in [-0.39, 0.29) is 5.91 Å². The van der Waals surface area contributed by atoms with Gasteiger partial charge in [-0.3, -0.25) is 4.79 Å². The first-order chi connectivity index (χ1) is 9.49. The van der Waals surface area contributed by atoms with Crippen molar-refractivity contribution in [2.45, 2.75) is 32.2 Å². The topological polar surface area (TPSA) is 58.4 Å². The molecule has 4 nitrogen and oxygen atoms in total. The highest BCUT2D eigenvalue weighted by molar-refractivity contribution is 9.10. The summed E-state index contributed by atoms with van der Waals surface area (Å²) in [7, 11) is 0. The Kier molecular flexibility index (Phi) is 4.86. The predicted octanol–water partition coefficient (Wildman–Crippen LogP) is 2.98. The van der Waals surface area contributed by atoms with Gasteiger partial charge in [-0.1, -0.05) is 0 Å². The van der Waals surface area contributed by atoms with E-state index in [9.17, 15) is 9.18 Å². The van der Waals surface area contributed by atoms with E-state index >= 15 is 0 Å². The summed E-state index contributed by atoms with van der Waals surface area (Å²) in [5, 5.41) is 3.00. The molecule has 1 aliphatic rings. The van der Waals surface area contributed by atoms with Crippen LogP contribution in [0.2, 0.25) is 0 Å². The zero-order valence-electron chi connectivity index (χ0n) is 11.5. The smallest absolute Gasteiger partial charge is 0.244 e. The summed E-state index contributed by atoms with van der Waals surface area (Å²) >= 11 is 3.08. The van der Waals surface area contributed by atoms with Gasteiger partial charge in [-0.15, -0.1) is 0 Å². The molecule has 6 heteroatoms. The molecule has 1 aromatic carbocycles. The van der Waals surface area contributed by atoms with Gasteiger partial charge in [-0.25, -0.2) is 4.39 Å². The molecule has 0 bridgehead atoms. The Morgan fingerprint density at radius 2 is 2.05 bits per heavy atom. The summed E-state index contributed by atoms with van der Waals surface area (Å²) in [4.78, 5) is 14.1. The first-order valence-electron chi connectivity index (χ1n) is 6.79. The monoisotopic (exact) mass is 343 g/mol. The Morgan fingerprint density at radius 1 is 1.40 bits per heavy atom. The molecule has 0 spiro atoms. The van der Waals surface area contributed by atoms with Crippen molar-refractivity contribution >= 4 is 33.2 Å². The molecular formula is C14H19BrFN3O. The van der Waals surface area contributed by atoms with Crippen LogP contribution in [0.1, 0.15) is 26.2 Å². The molecule has 0 saturated carbocycles. The minimum absolute atomic E-state index is 0.0347. The molecule has 3 N–H and O–H groups in total. The van der Waals surface area contributed by atoms with Crippen molar-refractivity contribution < 1.29 is 9.18 Å². The number of hydrogen-bond donors (Lipinski definition) is 2. The molecule has 1 unspecified atom stereocenters. The number of benzene rings is 1. The maximum absolute atomic E-state index is 13.5. The van der Waals surface area contributed by atoms with E-state index in [0.29, 0.717) is 15.8 Å². The number of halogens is 2. The Labute approximate surface area is 126 Å². The van der Waals surface area contributed by atoms with Crippen molar-refractivity contribution in [1.82, 2.24) is 4.90 Å². The molecule has 1 aliphatic heterocycles. The fraction of sp³-hybridized carbons (Fsp3) is 0.500. The lowest BCUT2D eigenvalue weighted by Crippen LogP contribution is -2.44. The highest BCUT2D eigenvalue weighted by Gasteiger charge is 2.22. The molecule has 0 aliphatic carbocycles. The van der Waals surface area contributed by atoms with Crippen LogP contribution in [0, 0.1) is 5.82 Å². The van der Waals surface area contributed by atoms with Crippen LogP contribution in [0.3, 0.4) is 0 Å². The number of nitrogens with two attached hydrogens (primary N) is 1. The lowest BCUT2D eigenvalue weighted by molar-refractivity contribution is -0.132. The van der Waals surface area contributed by atoms with Crippen molar-refractivity contribution in [1.29, 1.82) is 0 Å². The highest BCUT2D eigenvalue weighted by atomic mass is 79.9. The Hall–Kier alpha value is -1.30. The lowest BCUT2D eigenvalue weighted by atomic mass is 10.1. The number of likely N-dealkylation sites (tertiary alicyclic amines) is 1. The van der Waals surface area contributed by atoms with Crippen LogP contribution in [0.4, 0.5) is 15.8 Å². The number of rotatable bonds is 3. The summed E-state index contributed by atoms with van der Waals surface area (Å²) in [6.45, 7) is 3.38. The molecule has 1 saturated heterocycles. The maximum atomic E-state index is 13.5. The normalized spacial score (nSPS) is 16.9. The SMILES string of the molecule is CC(Nc1cc(F)c(Br)cc1N)C(=O)N1CCCCC1. The van der Waals surface area contributed by atoms with Gasteiger partial charge in [-0.05, 0) is 48.2 Å². The molecule has 20 heavy (non-hydrogen) atoms. The number of nitrogens with one attached hydrogen (secondary N) is 1. The zero-order valence-corrected chi connectivity index (χ0v) is 13.0. The Morgan fingerprint density at radius 3 is 2.70 bits per heavy atom. The number of anilines is 2. The van der Waals surface area contributed by atoms with Crippen LogP contribution in [0.15, 0.2) is 16.6 Å². The van der Waals surface area contributed by atoms with Crippen molar-refractivity contribution in [2.24, 2.45) is 0 Å². The molecule has 1 amide bonds. The summed E-state index contributed by atoms with van der Waals surface area (Å²) in [5.74, 6) is -0.369. The number of carbonyl (C=O) groups excluding carboxylic acids is 1. The quantitative estimate of drug-likeness (QED) is 0.829. The zero-order chi connectivity index (χ0) is 14.7. The largest absolute Gasteiger partial charge is 0.397 e. The molecule has 110 valence electrons. The molecule has 1 atom stereocenters. The van der Waals surface area contributed by atoms with Gasteiger partial charge in [0.25, 0.3) is 0 Å². The number of piperidine rings is 1. The fourth-order valence-electron chi connectivity index (χ4n) is 2.37. The molecule has 1 aromatic rings. The molecule has 0 aromatic heterocycles. The van der Waals surface area contributed by atoms with E-state index in [1.54, 1.807) is 6.92 Å². The standard InChI is InChI=1S/C14H19BrFN3O/c1-9(14(20)19-5-3-2-4-6-19)18-13-8-11(16)10(15)7-12(13)17/h7-9,18H,2-6,17H2,1H3. The highest BCUT2D eigenvalue weighted by Crippen LogP contribution is 2.27. The number of hydrogen-bond acceptors (Lipinski definition) is 3. The minimum Gasteiger partial charge on any atom is -0.397 e. The van der Waals surface area contributed by atoms with Gasteiger partial charge in [0.05, 0.1) is 15.8 Å². The van der Waals surface area contributed by atoms with Crippen LogP contribution in [0.25, 0.3) is 0 Å². The molecule has 0 radical (unpaired) electrons. The summed E-state index contributed by atoms with van der Waals surface area (Å²) in [5.41, 5.74) is 6.69. The first-order valence-corrected chi connectivity index (χ1v) is 7.58. The molecule has 1 fully saturated rings.